The van der Waals surface area contributed by atoms with Crippen molar-refractivity contribution in [3.63, 3.8) is 0 Å². The number of hydrogen-bond donors (Lipinski definition) is 21. The Morgan fingerprint density at radius 2 is 0.826 bits per heavy atom. The number of aromatic amines is 1. The van der Waals surface area contributed by atoms with Gasteiger partial charge in [0.1, 0.15) is 79.0 Å². The van der Waals surface area contributed by atoms with Crippen LogP contribution in [0, 0.1) is 0 Å². The minimum absolute atomic E-state index is 0.0822. The van der Waals surface area contributed by atoms with Gasteiger partial charge in [-0.05, 0) is 101 Å². The minimum atomic E-state index is -2.00. The molecule has 2 heterocycles. The second-order valence-electron chi connectivity index (χ2n) is 27.7. The maximum absolute atomic E-state index is 15.4. The van der Waals surface area contributed by atoms with Crippen LogP contribution in [-0.2, 0) is 97.6 Å². The SMILES string of the molecule is C[C@H](N)C(=O)N(CC(N)=O)[C@H]1CSSC[C@@H](C(=O)O)NC(=O)[C@H](CO)NC(=O)[C@H]([C@@H](C)O)NC(=O)[C@H](Cc2ccccc2)NC(=O)[C@H]([C@@H](C)O)NC(=O)[C@H](CCCCN)NC(=O)[C@H](Cc2c[nH]c3ccccc23)NC(=O)[C@H](Cc2ccccc2)NC(=O)[C@H](Cc2ccccc2)NC(=O)[C@H](CC(N)=O)NC(=O)[C@H](CCCCN)NC1=O. The number of amides is 14. The minimum Gasteiger partial charge on any atom is -0.480 e. The van der Waals surface area contributed by atoms with E-state index in [-0.39, 0.29) is 70.9 Å². The van der Waals surface area contributed by atoms with Gasteiger partial charge in [0, 0.05) is 54.3 Å². The Bertz CT molecular complexity index is 4150. The van der Waals surface area contributed by atoms with Gasteiger partial charge in [-0.1, -0.05) is 131 Å². The van der Waals surface area contributed by atoms with E-state index >= 15 is 14.4 Å². The molecule has 0 spiro atoms. The Morgan fingerprint density at radius 1 is 0.452 bits per heavy atom. The normalized spacial score (nSPS) is 23.8. The summed E-state index contributed by atoms with van der Waals surface area (Å²) >= 11 is 0. The highest BCUT2D eigenvalue weighted by Gasteiger charge is 2.41. The van der Waals surface area contributed by atoms with Gasteiger partial charge in [0.25, 0.3) is 0 Å². The molecule has 1 aromatic heterocycles. The topological polar surface area (TPSA) is 618 Å². The number of carboxylic acids is 1. The molecule has 37 nitrogen and oxygen atoms in total. The first-order valence-electron chi connectivity index (χ1n) is 37.3. The Kier molecular flexibility index (Phi) is 37.9. The van der Waals surface area contributed by atoms with Crippen LogP contribution in [0.25, 0.3) is 10.9 Å². The van der Waals surface area contributed by atoms with Crippen LogP contribution in [0.3, 0.4) is 0 Å². The summed E-state index contributed by atoms with van der Waals surface area (Å²) in [7, 11) is 1.40. The lowest BCUT2D eigenvalue weighted by molar-refractivity contribution is -0.143. The van der Waals surface area contributed by atoms with Crippen molar-refractivity contribution < 1.29 is 92.3 Å². The number of nitrogens with two attached hydrogens (primary N) is 5. The molecular weight excluding hydrogens is 1530 g/mol. The zero-order valence-electron chi connectivity index (χ0n) is 63.8. The number of para-hydroxylation sites is 1. The first-order valence-corrected chi connectivity index (χ1v) is 39.8. The number of aliphatic hydroxyl groups is 3. The van der Waals surface area contributed by atoms with Crippen LogP contribution in [0.4, 0.5) is 0 Å². The summed E-state index contributed by atoms with van der Waals surface area (Å²) in [6, 6.07) is 8.81. The number of aromatic nitrogens is 1. The van der Waals surface area contributed by atoms with E-state index in [0.29, 0.717) is 66.1 Å². The molecule has 5 aromatic rings. The van der Waals surface area contributed by atoms with Gasteiger partial charge in [-0.2, -0.15) is 0 Å². The average molecular weight is 1640 g/mol. The molecule has 0 unspecified atom stereocenters. The monoisotopic (exact) mass is 1640 g/mol. The van der Waals surface area contributed by atoms with Crippen molar-refractivity contribution >= 4 is 121 Å². The second-order valence-corrected chi connectivity index (χ2v) is 30.3. The molecule has 39 heteroatoms. The van der Waals surface area contributed by atoms with Gasteiger partial charge in [0.15, 0.2) is 0 Å². The Morgan fingerprint density at radius 3 is 1.26 bits per heavy atom. The zero-order chi connectivity index (χ0) is 84.4. The van der Waals surface area contributed by atoms with Gasteiger partial charge < -0.3 is 117 Å². The fourth-order valence-electron chi connectivity index (χ4n) is 12.3. The van der Waals surface area contributed by atoms with Gasteiger partial charge in [0.05, 0.1) is 31.3 Å². The number of unbranched alkanes of at least 4 members (excludes halogenated alkanes) is 2. The number of H-pyrrole nitrogens is 1. The fourth-order valence-corrected chi connectivity index (χ4v) is 14.6. The highest BCUT2D eigenvalue weighted by atomic mass is 33.1. The van der Waals surface area contributed by atoms with E-state index in [1.807, 2.05) is 0 Å². The molecular formula is C76H104N18O19S2. The van der Waals surface area contributed by atoms with Crippen LogP contribution in [-0.4, -0.2) is 247 Å². The number of carboxylic acid groups (broad SMARTS) is 1. The predicted molar refractivity (Wildman–Crippen MR) is 425 cm³/mol. The van der Waals surface area contributed by atoms with Crippen LogP contribution < -0.4 is 87.2 Å². The smallest absolute Gasteiger partial charge is 0.327 e. The number of rotatable bonds is 26. The maximum atomic E-state index is 15.4. The summed E-state index contributed by atoms with van der Waals surface area (Å²) < 4.78 is 0. The molecule has 1 fully saturated rings. The third kappa shape index (κ3) is 29.7. The number of carbonyl (C=O) groups excluding carboxylic acids is 14. The molecule has 1 aliphatic rings. The third-order valence-electron chi connectivity index (χ3n) is 18.5. The molecule has 1 saturated heterocycles. The number of fused-ring (bicyclic) bond motifs is 1. The van der Waals surface area contributed by atoms with Crippen LogP contribution in [0.1, 0.15) is 88.0 Å². The average Bonchev–Trinajstić information content (AvgIpc) is 1.45. The summed E-state index contributed by atoms with van der Waals surface area (Å²) in [4.78, 5) is 219. The predicted octanol–water partition coefficient (Wildman–Crippen LogP) is -4.83. The molecule has 0 aliphatic carbocycles. The lowest BCUT2D eigenvalue weighted by Gasteiger charge is -2.32. The third-order valence-corrected chi connectivity index (χ3v) is 20.9. The Labute approximate surface area is 670 Å². The number of primary amides is 2. The van der Waals surface area contributed by atoms with Crippen molar-refractivity contribution in [1.29, 1.82) is 0 Å². The van der Waals surface area contributed by atoms with Crippen molar-refractivity contribution in [3.8, 4) is 0 Å². The number of carbonyl (C=O) groups is 15. The molecule has 26 N–H and O–H groups in total. The standard InChI is InChI=1S/C76H104N18O19S2/c1-41(79)75(111)94(37-61(81)99)59-40-115-114-39-58(76(112)113)91-71(107)57(38-95)90-74(110)63(43(3)97)93-70(106)54(33-46-23-11-6-12-24-46)89-73(109)62(42(2)96)92-65(101)51(28-16-18-30-78)83-68(104)55(34-47-36-82-49-26-14-13-25-48(47)49)87-67(103)53(32-45-21-9-5-10-22-45)85-66(102)52(31-44-19-7-4-8-20-44)86-69(105)56(35-60(80)98)88-64(100)50(84-72(59)108)27-15-17-29-77/h4-14,19-26,36,41-43,50-59,62-63,82,95-97H,15-18,27-35,37-40,77-79H2,1-3H3,(H2,80,98)(H2,81,99)(H,83,104)(H,84,108)(H,85,102)(H,86,105)(H,87,103)(H,88,100)(H,89,109)(H,90,110)(H,91,107)(H,92,101)(H,93,106)(H,112,113)/t41-,42+,43+,50-,51-,52-,53-,54-,55-,56-,57-,58-,59-,62-,63-/m0/s1. The van der Waals surface area contributed by atoms with E-state index in [1.165, 1.54) is 6.92 Å². The molecule has 115 heavy (non-hydrogen) atoms. The largest absolute Gasteiger partial charge is 0.480 e. The number of aliphatic carboxylic acids is 1. The van der Waals surface area contributed by atoms with Crippen LogP contribution >= 0.6 is 21.6 Å². The van der Waals surface area contributed by atoms with Gasteiger partial charge in [-0.3, -0.25) is 67.1 Å². The lowest BCUT2D eigenvalue weighted by atomic mass is 10.00. The molecule has 0 saturated carbocycles. The highest BCUT2D eigenvalue weighted by Crippen LogP contribution is 2.26. The quantitative estimate of drug-likeness (QED) is 0.0182. The Hall–Kier alpha value is -11.1. The summed E-state index contributed by atoms with van der Waals surface area (Å²) in [5, 5.41) is 71.4. The van der Waals surface area contributed by atoms with Gasteiger partial charge in [-0.15, -0.1) is 0 Å². The molecule has 0 bridgehead atoms. The molecule has 0 radical (unpaired) electrons. The highest BCUT2D eigenvalue weighted by molar-refractivity contribution is 8.76. The fraction of sp³-hybridized carbons (Fsp3) is 0.461. The second kappa shape index (κ2) is 46.9. The van der Waals surface area contributed by atoms with Crippen molar-refractivity contribution in [2.45, 2.75) is 182 Å². The number of nitrogens with one attached hydrogen (secondary N) is 12. The van der Waals surface area contributed by atoms with Gasteiger partial charge in [-0.25, -0.2) is 4.79 Å². The van der Waals surface area contributed by atoms with E-state index < -0.39 is 210 Å². The first kappa shape index (κ1) is 92.8. The van der Waals surface area contributed by atoms with Crippen molar-refractivity contribution in [1.82, 2.24) is 68.4 Å². The van der Waals surface area contributed by atoms with Crippen molar-refractivity contribution in [2.24, 2.45) is 28.7 Å². The number of nitrogens with zero attached hydrogens (tertiary/aromatic N) is 1. The van der Waals surface area contributed by atoms with E-state index in [1.54, 1.807) is 121 Å². The number of benzene rings is 4. The summed E-state index contributed by atoms with van der Waals surface area (Å²) in [6.45, 7) is 1.50. The van der Waals surface area contributed by atoms with Crippen LogP contribution in [0.15, 0.2) is 121 Å². The van der Waals surface area contributed by atoms with Crippen LogP contribution in [0.2, 0.25) is 0 Å². The first-order chi connectivity index (χ1) is 54.8. The van der Waals surface area contributed by atoms with E-state index in [0.717, 1.165) is 13.8 Å². The summed E-state index contributed by atoms with van der Waals surface area (Å²) in [5.74, 6) is -18.6. The van der Waals surface area contributed by atoms with Gasteiger partial charge in [0.2, 0.25) is 82.7 Å². The Balaban J connectivity index is 1.49. The number of aliphatic hydroxyl groups excluding tert-OH is 3. The molecule has 1 aliphatic heterocycles. The lowest BCUT2D eigenvalue weighted by Crippen LogP contribution is -2.63. The number of hydrogen-bond acceptors (Lipinski definition) is 23. The molecule has 4 aromatic carbocycles. The summed E-state index contributed by atoms with van der Waals surface area (Å²) in [6.07, 6.45) is -3.66. The van der Waals surface area contributed by atoms with Gasteiger partial charge >= 0.3 is 5.97 Å². The zero-order valence-corrected chi connectivity index (χ0v) is 65.4. The maximum Gasteiger partial charge on any atom is 0.327 e. The molecule has 14 amide bonds. The molecule has 6 rings (SSSR count). The van der Waals surface area contributed by atoms with E-state index in [4.69, 9.17) is 28.7 Å². The van der Waals surface area contributed by atoms with Crippen LogP contribution in [0.5, 0.6) is 0 Å². The summed E-state index contributed by atoms with van der Waals surface area (Å²) in [5.41, 5.74) is 31.6. The van der Waals surface area contributed by atoms with E-state index in [2.05, 4.69) is 63.5 Å². The van der Waals surface area contributed by atoms with Crippen molar-refractivity contribution in [2.75, 3.05) is 37.7 Å². The van der Waals surface area contributed by atoms with Crippen molar-refractivity contribution in [3.05, 3.63) is 144 Å². The molecule has 624 valence electrons. The van der Waals surface area contributed by atoms with E-state index in [9.17, 15) is 78.0 Å². The molecule has 15 atom stereocenters.